The average Bonchev–Trinajstić information content (AvgIpc) is 2.10. The number of hydrogen-bond donors (Lipinski definition) is 1. The lowest BCUT2D eigenvalue weighted by Gasteiger charge is -2.03. The molecule has 0 saturated heterocycles. The Morgan fingerprint density at radius 2 is 2.00 bits per heavy atom. The van der Waals surface area contributed by atoms with Gasteiger partial charge in [-0.3, -0.25) is 0 Å². The lowest BCUT2D eigenvalue weighted by Crippen LogP contribution is -1.95. The lowest BCUT2D eigenvalue weighted by atomic mass is 10.3. The van der Waals surface area contributed by atoms with Gasteiger partial charge in [0, 0.05) is 0 Å². The minimum atomic E-state index is 0.483. The van der Waals surface area contributed by atoms with Crippen molar-refractivity contribution < 1.29 is 0 Å². The van der Waals surface area contributed by atoms with E-state index < -0.39 is 0 Å². The number of anilines is 1. The van der Waals surface area contributed by atoms with Gasteiger partial charge in [0.1, 0.15) is 6.34 Å². The maximum absolute atomic E-state index is 8.13. The minimum absolute atomic E-state index is 0.483. The number of halogens is 2. The van der Waals surface area contributed by atoms with Crippen LogP contribution in [0.15, 0.2) is 23.2 Å². The fourth-order valence-corrected chi connectivity index (χ4v) is 1.27. The second kappa shape index (κ2) is 4.70. The van der Waals surface area contributed by atoms with Crippen molar-refractivity contribution in [3.63, 3.8) is 0 Å². The van der Waals surface area contributed by atoms with E-state index in [4.69, 9.17) is 28.5 Å². The molecule has 0 spiro atoms. The predicted molar refractivity (Wildman–Crippen MR) is 54.2 cm³/mol. The van der Waals surface area contributed by atoms with E-state index in [0.29, 0.717) is 15.7 Å². The number of benzene rings is 1. The number of para-hydroxylation sites is 1. The van der Waals surface area contributed by atoms with Crippen molar-refractivity contribution in [2.24, 2.45) is 4.99 Å². The molecular weight excluding hydrogens is 209 g/mol. The Labute approximate surface area is 85.6 Å². The highest BCUT2D eigenvalue weighted by atomic mass is 35.5. The fraction of sp³-hybridized carbons (Fsp3) is 0. The van der Waals surface area contributed by atoms with Crippen LogP contribution in [0.4, 0.5) is 5.69 Å². The number of nitriles is 1. The maximum atomic E-state index is 8.13. The van der Waals surface area contributed by atoms with E-state index >= 15 is 0 Å². The van der Waals surface area contributed by atoms with Crippen LogP contribution in [0.1, 0.15) is 0 Å². The van der Waals surface area contributed by atoms with Gasteiger partial charge in [-0.2, -0.15) is 10.3 Å². The van der Waals surface area contributed by atoms with E-state index in [-0.39, 0.29) is 0 Å². The van der Waals surface area contributed by atoms with E-state index in [2.05, 4.69) is 10.3 Å². The number of aliphatic imine (C=N–C) groups is 1. The topological polar surface area (TPSA) is 48.2 Å². The molecule has 0 radical (unpaired) electrons. The summed E-state index contributed by atoms with van der Waals surface area (Å²) < 4.78 is 0. The standard InChI is InChI=1S/C8H5Cl2N3/c9-6-2-1-3-7(10)8(6)13-5-12-4-11/h1-3,5H,(H,12,13). The molecule has 0 saturated carbocycles. The van der Waals surface area contributed by atoms with Crippen LogP contribution in [0.3, 0.4) is 0 Å². The van der Waals surface area contributed by atoms with Gasteiger partial charge in [-0.25, -0.2) is 0 Å². The summed E-state index contributed by atoms with van der Waals surface area (Å²) in [6, 6.07) is 5.11. The molecule has 0 atom stereocenters. The van der Waals surface area contributed by atoms with Crippen LogP contribution in [0, 0.1) is 11.5 Å². The zero-order valence-electron chi connectivity index (χ0n) is 6.46. The van der Waals surface area contributed by atoms with E-state index in [1.807, 2.05) is 0 Å². The van der Waals surface area contributed by atoms with Crippen LogP contribution in [0.5, 0.6) is 0 Å². The number of nitrogens with one attached hydrogen (secondary N) is 1. The molecule has 1 aromatic carbocycles. The number of hydrogen-bond acceptors (Lipinski definition) is 2. The average molecular weight is 214 g/mol. The SMILES string of the molecule is N#CN=CNc1c(Cl)cccc1Cl. The highest BCUT2D eigenvalue weighted by Gasteiger charge is 2.01. The Morgan fingerprint density at radius 1 is 1.38 bits per heavy atom. The van der Waals surface area contributed by atoms with Gasteiger partial charge in [0.25, 0.3) is 0 Å². The van der Waals surface area contributed by atoms with Crippen molar-refractivity contribution in [3.8, 4) is 6.19 Å². The van der Waals surface area contributed by atoms with Crippen LogP contribution in [-0.4, -0.2) is 6.34 Å². The van der Waals surface area contributed by atoms with Crippen molar-refractivity contribution in [2.75, 3.05) is 5.32 Å². The normalized spacial score (nSPS) is 9.92. The zero-order valence-corrected chi connectivity index (χ0v) is 7.97. The third-order valence-electron chi connectivity index (χ3n) is 1.29. The van der Waals surface area contributed by atoms with Gasteiger partial charge in [0.15, 0.2) is 0 Å². The van der Waals surface area contributed by atoms with Crippen molar-refractivity contribution in [1.29, 1.82) is 5.26 Å². The summed E-state index contributed by atoms with van der Waals surface area (Å²) in [5.41, 5.74) is 0.546. The van der Waals surface area contributed by atoms with Crippen molar-refractivity contribution in [3.05, 3.63) is 28.2 Å². The molecule has 0 aliphatic rings. The van der Waals surface area contributed by atoms with Crippen LogP contribution < -0.4 is 5.32 Å². The molecule has 1 aromatic rings. The molecule has 0 aliphatic carbocycles. The lowest BCUT2D eigenvalue weighted by molar-refractivity contribution is 1.44. The van der Waals surface area contributed by atoms with Gasteiger partial charge in [0.05, 0.1) is 15.7 Å². The first-order valence-corrected chi connectivity index (χ1v) is 4.12. The first-order valence-electron chi connectivity index (χ1n) is 3.37. The maximum Gasteiger partial charge on any atom is 0.207 e. The van der Waals surface area contributed by atoms with Gasteiger partial charge in [0.2, 0.25) is 6.19 Å². The summed E-state index contributed by atoms with van der Waals surface area (Å²) in [4.78, 5) is 3.30. The van der Waals surface area contributed by atoms with Crippen LogP contribution >= 0.6 is 23.2 Å². The Morgan fingerprint density at radius 3 is 2.54 bits per heavy atom. The Balaban J connectivity index is 2.88. The third-order valence-corrected chi connectivity index (χ3v) is 1.92. The van der Waals surface area contributed by atoms with Crippen molar-refractivity contribution in [2.45, 2.75) is 0 Å². The highest BCUT2D eigenvalue weighted by molar-refractivity contribution is 6.39. The molecule has 0 aliphatic heterocycles. The van der Waals surface area contributed by atoms with Gasteiger partial charge < -0.3 is 5.32 Å². The molecule has 5 heteroatoms. The quantitative estimate of drug-likeness (QED) is 0.467. The summed E-state index contributed by atoms with van der Waals surface area (Å²) in [5, 5.41) is 11.8. The summed E-state index contributed by atoms with van der Waals surface area (Å²) in [7, 11) is 0. The van der Waals surface area contributed by atoms with Crippen LogP contribution in [-0.2, 0) is 0 Å². The van der Waals surface area contributed by atoms with Crippen LogP contribution in [0.2, 0.25) is 10.0 Å². The monoisotopic (exact) mass is 213 g/mol. The number of nitrogens with zero attached hydrogens (tertiary/aromatic N) is 2. The van der Waals surface area contributed by atoms with Gasteiger partial charge >= 0.3 is 0 Å². The third kappa shape index (κ3) is 2.62. The minimum Gasteiger partial charge on any atom is -0.343 e. The summed E-state index contributed by atoms with van der Waals surface area (Å²) in [6.07, 6.45) is 2.83. The largest absolute Gasteiger partial charge is 0.343 e. The molecule has 66 valence electrons. The predicted octanol–water partition coefficient (Wildman–Crippen LogP) is 2.91. The molecule has 0 bridgehead atoms. The van der Waals surface area contributed by atoms with Crippen molar-refractivity contribution >= 4 is 35.2 Å². The van der Waals surface area contributed by atoms with E-state index in [1.165, 1.54) is 6.34 Å². The molecule has 1 N–H and O–H groups in total. The Bertz CT molecular complexity index is 348. The molecule has 3 nitrogen and oxygen atoms in total. The Kier molecular flexibility index (Phi) is 3.56. The molecule has 0 fully saturated rings. The second-order valence-corrected chi connectivity index (χ2v) is 2.91. The van der Waals surface area contributed by atoms with E-state index in [9.17, 15) is 0 Å². The summed E-state index contributed by atoms with van der Waals surface area (Å²) >= 11 is 11.6. The van der Waals surface area contributed by atoms with E-state index in [0.717, 1.165) is 0 Å². The van der Waals surface area contributed by atoms with Gasteiger partial charge in [-0.05, 0) is 12.1 Å². The molecule has 1 rings (SSSR count). The molecular formula is C8H5Cl2N3. The second-order valence-electron chi connectivity index (χ2n) is 2.10. The van der Waals surface area contributed by atoms with E-state index in [1.54, 1.807) is 24.4 Å². The molecule has 0 aromatic heterocycles. The molecule has 0 heterocycles. The first kappa shape index (κ1) is 9.85. The van der Waals surface area contributed by atoms with Gasteiger partial charge in [-0.1, -0.05) is 29.3 Å². The Hall–Kier alpha value is -1.24. The molecule has 13 heavy (non-hydrogen) atoms. The van der Waals surface area contributed by atoms with Crippen LogP contribution in [0.25, 0.3) is 0 Å². The zero-order chi connectivity index (χ0) is 9.68. The van der Waals surface area contributed by atoms with Gasteiger partial charge in [-0.15, -0.1) is 0 Å². The summed E-state index contributed by atoms with van der Waals surface area (Å²) in [5.74, 6) is 0. The molecule has 0 amide bonds. The smallest absolute Gasteiger partial charge is 0.207 e. The number of rotatable bonds is 2. The summed E-state index contributed by atoms with van der Waals surface area (Å²) in [6.45, 7) is 0. The fourth-order valence-electron chi connectivity index (χ4n) is 0.761. The highest BCUT2D eigenvalue weighted by Crippen LogP contribution is 2.28. The first-order chi connectivity index (χ1) is 6.25. The molecule has 0 unspecified atom stereocenters. The van der Waals surface area contributed by atoms with Crippen molar-refractivity contribution in [1.82, 2.24) is 0 Å².